The second kappa shape index (κ2) is 8.85. The summed E-state index contributed by atoms with van der Waals surface area (Å²) in [7, 11) is 0. The summed E-state index contributed by atoms with van der Waals surface area (Å²) in [6, 6.07) is 0. The summed E-state index contributed by atoms with van der Waals surface area (Å²) in [5, 5.41) is 7.75. The quantitative estimate of drug-likeness (QED) is 0.572. The maximum absolute atomic E-state index is 7.75. The van der Waals surface area contributed by atoms with E-state index in [0.717, 1.165) is 0 Å². The molecule has 0 fully saturated rings. The van der Waals surface area contributed by atoms with E-state index in [4.69, 9.17) is 10.8 Å². The Labute approximate surface area is 51.5 Å². The van der Waals surface area contributed by atoms with Crippen LogP contribution in [0.3, 0.4) is 0 Å². The third-order valence-electron chi connectivity index (χ3n) is 0.129. The molecule has 0 aromatic carbocycles. The maximum atomic E-state index is 7.75. The molecule has 5 heavy (non-hydrogen) atoms. The van der Waals surface area contributed by atoms with E-state index in [1.54, 1.807) is 0 Å². The van der Waals surface area contributed by atoms with Crippen molar-refractivity contribution in [1.82, 2.24) is 0 Å². The molecule has 0 atom stereocenters. The van der Waals surface area contributed by atoms with Gasteiger partial charge in [0.2, 0.25) is 0 Å². The first-order valence-corrected chi connectivity index (χ1v) is 1.22. The fourth-order valence-corrected chi connectivity index (χ4v) is 0. The maximum Gasteiger partial charge on any atom is 0.0553 e. The van der Waals surface area contributed by atoms with Crippen molar-refractivity contribution in [2.45, 2.75) is 0 Å². The van der Waals surface area contributed by atoms with E-state index >= 15 is 0 Å². The van der Waals surface area contributed by atoms with Crippen LogP contribution in [-0.2, 0) is 0 Å². The number of hydrogen-bond acceptors (Lipinski definition) is 2. The summed E-state index contributed by atoms with van der Waals surface area (Å²) in [6.07, 6.45) is 0. The number of nitrogens with two attached hydrogens (primary N) is 1. The predicted molar refractivity (Wildman–Crippen MR) is 21.9 cm³/mol. The first-order valence-electron chi connectivity index (χ1n) is 1.22. The minimum Gasteiger partial charge on any atom is -0.395 e. The van der Waals surface area contributed by atoms with E-state index in [2.05, 4.69) is 0 Å². The molecular weight excluding hydrogens is 261 g/mol. The molecule has 0 amide bonds. The summed E-state index contributed by atoms with van der Waals surface area (Å²) >= 11 is 0. The largest absolute Gasteiger partial charge is 0.395 e. The Morgan fingerprint density at radius 2 is 1.80 bits per heavy atom. The van der Waals surface area contributed by atoms with Crippen LogP contribution >= 0.6 is 0 Å². The van der Waals surface area contributed by atoms with E-state index in [0.29, 0.717) is 6.54 Å². The fraction of sp³-hybridized carbons (Fsp3) is 1.00. The van der Waals surface area contributed by atoms with Gasteiger partial charge in [0.05, 0.1) is 6.61 Å². The predicted octanol–water partition coefficient (Wildman–Crippen LogP) is -1.44. The number of aliphatic hydroxyl groups excluding tert-OH is 1. The van der Waals surface area contributed by atoms with Crippen molar-refractivity contribution in [1.29, 1.82) is 0 Å². The van der Waals surface area contributed by atoms with Crippen molar-refractivity contribution >= 4 is 27.3 Å². The molecule has 2 nitrogen and oxygen atoms in total. The third kappa shape index (κ3) is 11.5. The van der Waals surface area contributed by atoms with Gasteiger partial charge in [-0.15, -0.1) is 0 Å². The van der Waals surface area contributed by atoms with Crippen LogP contribution in [0.15, 0.2) is 0 Å². The van der Waals surface area contributed by atoms with Crippen LogP contribution in [-0.4, -0.2) is 45.6 Å². The second-order valence-corrected chi connectivity index (χ2v) is 0.512. The van der Waals surface area contributed by atoms with Gasteiger partial charge in [-0.25, -0.2) is 0 Å². The smallest absolute Gasteiger partial charge is 0.0553 e. The van der Waals surface area contributed by atoms with Crippen LogP contribution < -0.4 is 5.73 Å². The molecule has 0 aromatic rings. The third-order valence-corrected chi connectivity index (χ3v) is 0.129. The Morgan fingerprint density at radius 3 is 1.80 bits per heavy atom. The van der Waals surface area contributed by atoms with E-state index in [-0.39, 0.29) is 33.9 Å². The van der Waals surface area contributed by atoms with Crippen molar-refractivity contribution in [3.05, 3.63) is 0 Å². The van der Waals surface area contributed by atoms with Crippen LogP contribution in [0.4, 0.5) is 0 Å². The van der Waals surface area contributed by atoms with Gasteiger partial charge in [-0.1, -0.05) is 0 Å². The molecule has 0 aliphatic heterocycles. The van der Waals surface area contributed by atoms with Crippen molar-refractivity contribution in [3.63, 3.8) is 0 Å². The van der Waals surface area contributed by atoms with Gasteiger partial charge in [0, 0.05) is 33.8 Å². The molecule has 0 aliphatic rings. The van der Waals surface area contributed by atoms with Crippen molar-refractivity contribution in [2.75, 3.05) is 13.2 Å². The standard InChI is InChI=1S/C2H7NO.Pb/c3-1-2-4;/h4H,1-3H2;. The monoisotopic (exact) mass is 269 g/mol. The molecule has 3 heteroatoms. The van der Waals surface area contributed by atoms with Crippen molar-refractivity contribution in [2.24, 2.45) is 5.73 Å². The Bertz CT molecular complexity index is 11.6. The molecule has 0 rings (SSSR count). The average Bonchev–Trinajstić information content (AvgIpc) is 1.37. The Kier molecular flexibility index (Phi) is 16.4. The summed E-state index contributed by atoms with van der Waals surface area (Å²) in [5.41, 5.74) is 4.78. The van der Waals surface area contributed by atoms with Gasteiger partial charge in [0.15, 0.2) is 0 Å². The zero-order valence-corrected chi connectivity index (χ0v) is 6.83. The van der Waals surface area contributed by atoms with Gasteiger partial charge in [-0.05, 0) is 0 Å². The minimum atomic E-state index is 0. The van der Waals surface area contributed by atoms with Crippen LogP contribution in [0.25, 0.3) is 0 Å². The first-order chi connectivity index (χ1) is 1.91. The molecular formula is C2H7NOPb. The van der Waals surface area contributed by atoms with Crippen molar-refractivity contribution < 1.29 is 5.11 Å². The molecule has 0 unspecified atom stereocenters. The summed E-state index contributed by atoms with van der Waals surface area (Å²) in [5.74, 6) is 0. The second-order valence-electron chi connectivity index (χ2n) is 0.512. The number of hydrogen-bond donors (Lipinski definition) is 2. The molecule has 4 radical (unpaired) electrons. The molecule has 0 aromatic heterocycles. The molecule has 0 aliphatic carbocycles. The summed E-state index contributed by atoms with van der Waals surface area (Å²) < 4.78 is 0. The van der Waals surface area contributed by atoms with Crippen LogP contribution in [0.5, 0.6) is 0 Å². The van der Waals surface area contributed by atoms with Crippen LogP contribution in [0.2, 0.25) is 0 Å². The van der Waals surface area contributed by atoms with Gasteiger partial charge >= 0.3 is 0 Å². The van der Waals surface area contributed by atoms with Crippen LogP contribution in [0, 0.1) is 0 Å². The van der Waals surface area contributed by atoms with Gasteiger partial charge in [0.25, 0.3) is 0 Å². The molecule has 30 valence electrons. The summed E-state index contributed by atoms with van der Waals surface area (Å²) in [4.78, 5) is 0. The van der Waals surface area contributed by atoms with E-state index in [1.165, 1.54) is 0 Å². The average molecular weight is 268 g/mol. The first kappa shape index (κ1) is 9.28. The number of aliphatic hydroxyl groups is 1. The molecule has 0 bridgehead atoms. The topological polar surface area (TPSA) is 46.2 Å². The van der Waals surface area contributed by atoms with Gasteiger partial charge < -0.3 is 10.8 Å². The van der Waals surface area contributed by atoms with Crippen LogP contribution in [0.1, 0.15) is 0 Å². The Hall–Kier alpha value is 0.842. The Balaban J connectivity index is 0. The normalized spacial score (nSPS) is 6.00. The minimum absolute atomic E-state index is 0. The zero-order chi connectivity index (χ0) is 3.41. The Morgan fingerprint density at radius 1 is 1.60 bits per heavy atom. The SMILES string of the molecule is NCCO.[Pb]. The van der Waals surface area contributed by atoms with E-state index in [1.807, 2.05) is 0 Å². The van der Waals surface area contributed by atoms with E-state index < -0.39 is 0 Å². The fourth-order valence-electron chi connectivity index (χ4n) is 0. The van der Waals surface area contributed by atoms with Gasteiger partial charge in [-0.3, -0.25) is 0 Å². The van der Waals surface area contributed by atoms with Crippen molar-refractivity contribution in [3.8, 4) is 0 Å². The molecule has 0 spiro atoms. The van der Waals surface area contributed by atoms with E-state index in [9.17, 15) is 0 Å². The zero-order valence-electron chi connectivity index (χ0n) is 2.94. The van der Waals surface area contributed by atoms with Gasteiger partial charge in [0.1, 0.15) is 0 Å². The molecule has 3 N–H and O–H groups in total. The molecule has 0 saturated carbocycles. The number of rotatable bonds is 1. The van der Waals surface area contributed by atoms with Gasteiger partial charge in [-0.2, -0.15) is 0 Å². The summed E-state index contributed by atoms with van der Waals surface area (Å²) in [6.45, 7) is 0.472. The molecule has 0 heterocycles. The molecule has 0 saturated heterocycles.